The normalized spacial score (nSPS) is 25.4. The molecular formula is C34H55N5O3S. The Morgan fingerprint density at radius 3 is 2.28 bits per heavy atom. The minimum absolute atomic E-state index is 0.202. The smallest absolute Gasteiger partial charge is 0.343 e. The van der Waals surface area contributed by atoms with Crippen LogP contribution in [-0.4, -0.2) is 74.4 Å². The summed E-state index contributed by atoms with van der Waals surface area (Å²) >= 11 is 0. The second-order valence-electron chi connectivity index (χ2n) is 14.6. The minimum Gasteiger partial charge on any atom is -0.462 e. The van der Waals surface area contributed by atoms with Gasteiger partial charge in [-0.3, -0.25) is 0 Å². The lowest BCUT2D eigenvalue weighted by Crippen LogP contribution is -2.46. The summed E-state index contributed by atoms with van der Waals surface area (Å²) in [7, 11) is -0.890. The van der Waals surface area contributed by atoms with Crippen LogP contribution >= 0.6 is 0 Å². The molecule has 0 radical (unpaired) electrons. The number of aryl methyl sites for hydroxylation is 1. The van der Waals surface area contributed by atoms with Gasteiger partial charge in [-0.25, -0.2) is 23.3 Å². The molecule has 2 aliphatic carbocycles. The molecule has 1 saturated carbocycles. The molecular weight excluding hydrogens is 558 g/mol. The van der Waals surface area contributed by atoms with Crippen LogP contribution in [0.2, 0.25) is 0 Å². The first-order chi connectivity index (χ1) is 20.2. The van der Waals surface area contributed by atoms with E-state index in [-0.39, 0.29) is 22.8 Å². The van der Waals surface area contributed by atoms with Gasteiger partial charge >= 0.3 is 5.97 Å². The van der Waals surface area contributed by atoms with Gasteiger partial charge < -0.3 is 15.0 Å². The summed E-state index contributed by atoms with van der Waals surface area (Å²) in [5, 5.41) is 3.72. The van der Waals surface area contributed by atoms with Crippen LogP contribution in [0.25, 0.3) is 0 Å². The first kappa shape index (κ1) is 33.6. The number of hydrogen-bond acceptors (Lipinski definition) is 7. The van der Waals surface area contributed by atoms with Gasteiger partial charge in [-0.1, -0.05) is 46.3 Å². The first-order valence-electron chi connectivity index (χ1n) is 16.3. The van der Waals surface area contributed by atoms with Crippen molar-refractivity contribution in [2.45, 2.75) is 106 Å². The van der Waals surface area contributed by atoms with E-state index < -0.39 is 11.0 Å². The van der Waals surface area contributed by atoms with Gasteiger partial charge in [-0.05, 0) is 81.1 Å². The summed E-state index contributed by atoms with van der Waals surface area (Å²) in [6.07, 6.45) is 13.9. The number of aromatic nitrogens is 2. The number of nitrogens with zero attached hydrogens (tertiary/aromatic N) is 4. The van der Waals surface area contributed by atoms with E-state index in [1.165, 1.54) is 29.7 Å². The van der Waals surface area contributed by atoms with E-state index in [0.29, 0.717) is 23.9 Å². The Balaban J connectivity index is 1.48. The quantitative estimate of drug-likeness (QED) is 0.317. The van der Waals surface area contributed by atoms with Crippen molar-refractivity contribution in [3.8, 4) is 0 Å². The van der Waals surface area contributed by atoms with Gasteiger partial charge in [-0.15, -0.1) is 0 Å². The van der Waals surface area contributed by atoms with E-state index in [1.807, 2.05) is 11.2 Å². The number of allylic oxidation sites excluding steroid dienone is 4. The van der Waals surface area contributed by atoms with Crippen molar-refractivity contribution in [2.75, 3.05) is 44.4 Å². The van der Waals surface area contributed by atoms with E-state index in [1.54, 1.807) is 12.5 Å². The maximum absolute atomic E-state index is 12.9. The molecule has 2 fully saturated rings. The van der Waals surface area contributed by atoms with E-state index in [4.69, 9.17) is 9.72 Å². The Hall–Kier alpha value is -2.26. The molecule has 1 aromatic rings. The fraction of sp³-hybridized carbons (Fsp3) is 0.735. The van der Waals surface area contributed by atoms with Crippen molar-refractivity contribution in [3.63, 3.8) is 0 Å². The van der Waals surface area contributed by atoms with Gasteiger partial charge in [0, 0.05) is 56.8 Å². The van der Waals surface area contributed by atoms with Crippen molar-refractivity contribution in [3.05, 3.63) is 40.5 Å². The highest BCUT2D eigenvalue weighted by molar-refractivity contribution is 7.81. The van der Waals surface area contributed by atoms with Crippen LogP contribution in [0.4, 0.5) is 5.82 Å². The monoisotopic (exact) mass is 613 g/mol. The molecule has 0 spiro atoms. The zero-order valence-electron chi connectivity index (χ0n) is 27.9. The predicted molar refractivity (Wildman–Crippen MR) is 176 cm³/mol. The van der Waals surface area contributed by atoms with Gasteiger partial charge in [0.2, 0.25) is 0 Å². The topological polar surface area (TPSA) is 87.7 Å². The Morgan fingerprint density at radius 1 is 1.05 bits per heavy atom. The lowest BCUT2D eigenvalue weighted by atomic mass is 9.67. The molecule has 2 heterocycles. The van der Waals surface area contributed by atoms with Gasteiger partial charge in [0.15, 0.2) is 0 Å². The van der Waals surface area contributed by atoms with Gasteiger partial charge in [-0.2, -0.15) is 0 Å². The minimum atomic E-state index is -0.890. The first-order valence-corrected chi connectivity index (χ1v) is 17.8. The molecule has 0 aromatic carbocycles. The predicted octanol–water partition coefficient (Wildman–Crippen LogP) is 6.53. The summed E-state index contributed by atoms with van der Waals surface area (Å²) in [5.74, 6) is 1.68. The molecule has 4 rings (SSSR count). The molecule has 1 aromatic heterocycles. The number of piperazine rings is 1. The summed E-state index contributed by atoms with van der Waals surface area (Å²) in [4.78, 5) is 25.0. The summed E-state index contributed by atoms with van der Waals surface area (Å²) < 4.78 is 19.3. The Kier molecular flexibility index (Phi) is 11.1. The zero-order valence-corrected chi connectivity index (χ0v) is 28.7. The van der Waals surface area contributed by atoms with Crippen molar-refractivity contribution >= 4 is 22.8 Å². The number of carbonyl (C=O) groups is 1. The van der Waals surface area contributed by atoms with Crippen LogP contribution < -0.4 is 5.32 Å². The third kappa shape index (κ3) is 9.37. The maximum atomic E-state index is 12.9. The van der Waals surface area contributed by atoms with Crippen LogP contribution in [0.3, 0.4) is 0 Å². The average molecular weight is 614 g/mol. The third-order valence-corrected chi connectivity index (χ3v) is 10.4. The molecule has 8 nitrogen and oxygen atoms in total. The van der Waals surface area contributed by atoms with Crippen molar-refractivity contribution < 1.29 is 13.7 Å². The van der Waals surface area contributed by atoms with E-state index in [9.17, 15) is 9.00 Å². The Bertz CT molecular complexity index is 1210. The average Bonchev–Trinajstić information content (AvgIpc) is 2.90. The second-order valence-corrected chi connectivity index (χ2v) is 16.0. The standard InChI is InChI=1S/C34H55N5O3S/c1-9-42-32(40)28-23-35-30(37-31(28)36-27-21-33(4,5)19-24(2)20-34(6,7)22-27)13-11-26-10-12-29(25(3)18-26)38-14-16-39(17-15-38)43(8)41/h18,23-24,27H,9-17,19-22H2,1-8H3,(H,35,36,37). The summed E-state index contributed by atoms with van der Waals surface area (Å²) in [6, 6.07) is 0.208. The number of hydrogen-bond donors (Lipinski definition) is 1. The molecule has 1 unspecified atom stereocenters. The van der Waals surface area contributed by atoms with Crippen LogP contribution in [0, 0.1) is 16.7 Å². The van der Waals surface area contributed by atoms with Gasteiger partial charge in [0.25, 0.3) is 0 Å². The Morgan fingerprint density at radius 2 is 1.70 bits per heavy atom. The molecule has 9 heteroatoms. The molecule has 1 saturated heterocycles. The van der Waals surface area contributed by atoms with E-state index in [0.717, 1.165) is 70.5 Å². The number of rotatable bonds is 9. The summed E-state index contributed by atoms with van der Waals surface area (Å²) in [5.41, 5.74) is 4.99. The lowest BCUT2D eigenvalue weighted by molar-refractivity contribution is 0.0526. The maximum Gasteiger partial charge on any atom is 0.343 e. The lowest BCUT2D eigenvalue weighted by Gasteiger charge is -2.42. The molecule has 43 heavy (non-hydrogen) atoms. The van der Waals surface area contributed by atoms with E-state index in [2.05, 4.69) is 62.8 Å². The highest BCUT2D eigenvalue weighted by Gasteiger charge is 2.35. The number of esters is 1. The highest BCUT2D eigenvalue weighted by Crippen LogP contribution is 2.43. The molecule has 240 valence electrons. The van der Waals surface area contributed by atoms with Gasteiger partial charge in [0.1, 0.15) is 17.2 Å². The SMILES string of the molecule is CCOC(=O)c1cnc(CCC2=CC(C)=C(N3CCN(S(C)=O)CC3)CC2)nc1NC1CC(C)(C)CC(C)CC(C)(C)C1. The third-order valence-electron chi connectivity index (χ3n) is 9.29. The number of anilines is 1. The Labute approximate surface area is 262 Å². The fourth-order valence-electron chi connectivity index (χ4n) is 7.86. The molecule has 1 atom stereocenters. The largest absolute Gasteiger partial charge is 0.462 e. The molecule has 0 amide bonds. The fourth-order valence-corrected chi connectivity index (χ4v) is 8.54. The second kappa shape index (κ2) is 14.2. The number of carbonyl (C=O) groups excluding carboxylic acids is 1. The number of ether oxygens (including phenoxy) is 1. The molecule has 3 aliphatic rings. The van der Waals surface area contributed by atoms with Crippen LogP contribution in [-0.2, 0) is 22.1 Å². The zero-order chi connectivity index (χ0) is 31.4. The van der Waals surface area contributed by atoms with E-state index >= 15 is 0 Å². The number of nitrogens with one attached hydrogen (secondary N) is 1. The summed E-state index contributed by atoms with van der Waals surface area (Å²) in [6.45, 7) is 19.7. The molecule has 1 aliphatic heterocycles. The van der Waals surface area contributed by atoms with Crippen LogP contribution in [0.1, 0.15) is 110 Å². The van der Waals surface area contributed by atoms with Gasteiger partial charge in [0.05, 0.1) is 17.6 Å². The molecule has 1 N–H and O–H groups in total. The van der Waals surface area contributed by atoms with Crippen molar-refractivity contribution in [1.82, 2.24) is 19.2 Å². The highest BCUT2D eigenvalue weighted by atomic mass is 32.2. The van der Waals surface area contributed by atoms with Crippen LogP contribution in [0.15, 0.2) is 29.1 Å². The molecule has 0 bridgehead atoms. The van der Waals surface area contributed by atoms with Crippen molar-refractivity contribution in [2.24, 2.45) is 16.7 Å². The van der Waals surface area contributed by atoms with Crippen molar-refractivity contribution in [1.29, 1.82) is 0 Å². The van der Waals surface area contributed by atoms with Crippen LogP contribution in [0.5, 0.6) is 0 Å².